The van der Waals surface area contributed by atoms with Gasteiger partial charge in [-0.15, -0.1) is 11.8 Å². The smallest absolute Gasteiger partial charge is 0.328 e. The highest BCUT2D eigenvalue weighted by atomic mass is 32.2. The van der Waals surface area contributed by atoms with Crippen LogP contribution in [0, 0.1) is 5.82 Å². The number of benzene rings is 1. The van der Waals surface area contributed by atoms with Gasteiger partial charge in [0.1, 0.15) is 5.82 Å². The number of amides is 1. The predicted octanol–water partition coefficient (Wildman–Crippen LogP) is 3.15. The van der Waals surface area contributed by atoms with E-state index in [1.165, 1.54) is 18.2 Å². The van der Waals surface area contributed by atoms with Crippen LogP contribution in [-0.4, -0.2) is 28.0 Å². The molecule has 4 nitrogen and oxygen atoms in total. The molecular weight excluding hydrogens is 293 g/mol. The lowest BCUT2D eigenvalue weighted by molar-refractivity contribution is -0.131. The van der Waals surface area contributed by atoms with Crippen molar-refractivity contribution >= 4 is 35.4 Å². The lowest BCUT2D eigenvalue weighted by Crippen LogP contribution is -2.27. The summed E-state index contributed by atoms with van der Waals surface area (Å²) < 4.78 is 13.9. The van der Waals surface area contributed by atoms with Crippen LogP contribution in [0.5, 0.6) is 0 Å². The van der Waals surface area contributed by atoms with Gasteiger partial charge in [0.2, 0.25) is 5.91 Å². The average Bonchev–Trinajstić information content (AvgIpc) is 2.48. The summed E-state index contributed by atoms with van der Waals surface area (Å²) in [6.45, 7) is 0. The number of aliphatic carboxylic acids is 1. The summed E-state index contributed by atoms with van der Waals surface area (Å²) in [4.78, 5) is 22.4. The molecule has 2 N–H and O–H groups in total. The molecule has 0 radical (unpaired) electrons. The Labute approximate surface area is 126 Å². The molecule has 0 aliphatic carbocycles. The molecule has 1 unspecified atom stereocenters. The molecule has 0 saturated carbocycles. The fourth-order valence-electron chi connectivity index (χ4n) is 2.06. The van der Waals surface area contributed by atoms with E-state index in [4.69, 9.17) is 5.11 Å². The van der Waals surface area contributed by atoms with E-state index in [0.717, 1.165) is 31.1 Å². The van der Waals surface area contributed by atoms with Gasteiger partial charge in [-0.25, -0.2) is 9.18 Å². The first-order valence-corrected chi connectivity index (χ1v) is 7.74. The van der Waals surface area contributed by atoms with Crippen molar-refractivity contribution in [3.8, 4) is 0 Å². The summed E-state index contributed by atoms with van der Waals surface area (Å²) in [7, 11) is 0. The second kappa shape index (κ2) is 7.26. The molecule has 1 aliphatic heterocycles. The fraction of sp³-hybridized carbons (Fsp3) is 0.333. The molecule has 1 aromatic carbocycles. The van der Waals surface area contributed by atoms with E-state index in [2.05, 4.69) is 5.32 Å². The van der Waals surface area contributed by atoms with Crippen LogP contribution >= 0.6 is 11.8 Å². The number of rotatable bonds is 4. The van der Waals surface area contributed by atoms with Crippen LogP contribution in [0.3, 0.4) is 0 Å². The van der Waals surface area contributed by atoms with E-state index in [9.17, 15) is 14.0 Å². The van der Waals surface area contributed by atoms with E-state index < -0.39 is 11.8 Å². The molecule has 2 rings (SSSR count). The van der Waals surface area contributed by atoms with Gasteiger partial charge in [0.05, 0.1) is 10.9 Å². The Balaban J connectivity index is 2.03. The van der Waals surface area contributed by atoms with Gasteiger partial charge >= 0.3 is 5.97 Å². The maximum absolute atomic E-state index is 13.9. The minimum Gasteiger partial charge on any atom is -0.478 e. The van der Waals surface area contributed by atoms with Gasteiger partial charge in [0.25, 0.3) is 0 Å². The first-order valence-electron chi connectivity index (χ1n) is 6.69. The average molecular weight is 309 g/mol. The number of thioether (sulfide) groups is 1. The zero-order valence-corrected chi connectivity index (χ0v) is 12.2. The molecule has 0 bridgehead atoms. The van der Waals surface area contributed by atoms with Crippen LogP contribution in [0.2, 0.25) is 0 Å². The third-order valence-corrected chi connectivity index (χ3v) is 4.52. The normalized spacial score (nSPS) is 18.6. The summed E-state index contributed by atoms with van der Waals surface area (Å²) in [5.41, 5.74) is 0.554. The third-order valence-electron chi connectivity index (χ3n) is 3.14. The van der Waals surface area contributed by atoms with Crippen molar-refractivity contribution in [3.05, 3.63) is 35.7 Å². The number of carbonyl (C=O) groups excluding carboxylic acids is 1. The zero-order chi connectivity index (χ0) is 15.2. The molecule has 6 heteroatoms. The van der Waals surface area contributed by atoms with E-state index in [1.807, 2.05) is 0 Å². The molecule has 1 saturated heterocycles. The number of carboxylic acid groups (broad SMARTS) is 1. The molecule has 1 heterocycles. The molecular formula is C15H16FNO3S. The number of nitrogens with one attached hydrogen (secondary N) is 1. The summed E-state index contributed by atoms with van der Waals surface area (Å²) >= 11 is 1.60. The van der Waals surface area contributed by atoms with Gasteiger partial charge in [-0.05, 0) is 42.4 Å². The van der Waals surface area contributed by atoms with E-state index >= 15 is 0 Å². The second-order valence-electron chi connectivity index (χ2n) is 4.76. The molecule has 1 aliphatic rings. The highest BCUT2D eigenvalue weighted by molar-refractivity contribution is 8.00. The van der Waals surface area contributed by atoms with Gasteiger partial charge in [-0.1, -0.05) is 12.5 Å². The maximum atomic E-state index is 13.9. The van der Waals surface area contributed by atoms with Gasteiger partial charge in [0, 0.05) is 6.08 Å². The Bertz CT molecular complexity index is 568. The van der Waals surface area contributed by atoms with Gasteiger partial charge in [-0.3, -0.25) is 4.79 Å². The lowest BCUT2D eigenvalue weighted by atomic mass is 10.1. The number of hydrogen-bond donors (Lipinski definition) is 2. The minimum absolute atomic E-state index is 0.121. The third kappa shape index (κ3) is 4.60. The van der Waals surface area contributed by atoms with Crippen LogP contribution in [0.1, 0.15) is 24.8 Å². The van der Waals surface area contributed by atoms with Crippen LogP contribution in [-0.2, 0) is 9.59 Å². The van der Waals surface area contributed by atoms with Crippen molar-refractivity contribution in [2.45, 2.75) is 24.5 Å². The largest absolute Gasteiger partial charge is 0.478 e. The number of hydrogen-bond acceptors (Lipinski definition) is 3. The molecule has 21 heavy (non-hydrogen) atoms. The van der Waals surface area contributed by atoms with Gasteiger partial charge in [-0.2, -0.15) is 0 Å². The lowest BCUT2D eigenvalue weighted by Gasteiger charge is -2.20. The summed E-state index contributed by atoms with van der Waals surface area (Å²) in [5, 5.41) is 11.0. The van der Waals surface area contributed by atoms with Crippen molar-refractivity contribution in [1.82, 2.24) is 0 Å². The van der Waals surface area contributed by atoms with Crippen molar-refractivity contribution in [2.75, 3.05) is 11.1 Å². The number of carbonyl (C=O) groups is 2. The first kappa shape index (κ1) is 15.6. The number of halogens is 1. The summed E-state index contributed by atoms with van der Waals surface area (Å²) in [5.74, 6) is -0.884. The van der Waals surface area contributed by atoms with Crippen LogP contribution in [0.4, 0.5) is 10.1 Å². The summed E-state index contributed by atoms with van der Waals surface area (Å²) in [6.07, 6.45) is 5.19. The highest BCUT2D eigenvalue weighted by Gasteiger charge is 2.22. The Kier molecular flexibility index (Phi) is 5.38. The van der Waals surface area contributed by atoms with E-state index in [1.54, 1.807) is 17.8 Å². The summed E-state index contributed by atoms with van der Waals surface area (Å²) in [6, 6.07) is 4.21. The number of carboxylic acids is 1. The van der Waals surface area contributed by atoms with Crippen molar-refractivity contribution in [3.63, 3.8) is 0 Å². The van der Waals surface area contributed by atoms with Crippen LogP contribution in [0.25, 0.3) is 6.08 Å². The van der Waals surface area contributed by atoms with E-state index in [0.29, 0.717) is 5.56 Å². The quantitative estimate of drug-likeness (QED) is 0.839. The zero-order valence-electron chi connectivity index (χ0n) is 11.3. The van der Waals surface area contributed by atoms with Crippen molar-refractivity contribution < 1.29 is 19.1 Å². The Morgan fingerprint density at radius 3 is 2.81 bits per heavy atom. The van der Waals surface area contributed by atoms with Gasteiger partial charge in [0.15, 0.2) is 0 Å². The Morgan fingerprint density at radius 1 is 1.38 bits per heavy atom. The molecule has 1 amide bonds. The molecule has 0 aromatic heterocycles. The minimum atomic E-state index is -1.10. The molecule has 1 fully saturated rings. The molecule has 1 aromatic rings. The molecule has 1 atom stereocenters. The van der Waals surface area contributed by atoms with Crippen LogP contribution < -0.4 is 5.32 Å². The predicted molar refractivity (Wildman–Crippen MR) is 81.8 cm³/mol. The monoisotopic (exact) mass is 309 g/mol. The number of anilines is 1. The Morgan fingerprint density at radius 2 is 2.19 bits per heavy atom. The molecule has 0 spiro atoms. The maximum Gasteiger partial charge on any atom is 0.328 e. The van der Waals surface area contributed by atoms with Crippen molar-refractivity contribution in [2.24, 2.45) is 0 Å². The highest BCUT2D eigenvalue weighted by Crippen LogP contribution is 2.26. The van der Waals surface area contributed by atoms with E-state index in [-0.39, 0.29) is 16.8 Å². The first-order chi connectivity index (χ1) is 10.1. The van der Waals surface area contributed by atoms with Gasteiger partial charge < -0.3 is 10.4 Å². The SMILES string of the molecule is O=C(O)/C=C/c1ccc(NC(=O)C2CCCCS2)c(F)c1. The Hall–Kier alpha value is -1.82. The fourth-order valence-corrected chi connectivity index (χ4v) is 3.26. The standard InChI is InChI=1S/C15H16FNO3S/c16-11-9-10(5-7-14(18)19)4-6-12(11)17-15(20)13-3-1-2-8-21-13/h4-7,9,13H,1-3,8H2,(H,17,20)(H,18,19)/b7-5+. The molecule has 112 valence electrons. The van der Waals surface area contributed by atoms with Crippen molar-refractivity contribution in [1.29, 1.82) is 0 Å². The van der Waals surface area contributed by atoms with Crippen LogP contribution in [0.15, 0.2) is 24.3 Å². The topological polar surface area (TPSA) is 66.4 Å². The second-order valence-corrected chi connectivity index (χ2v) is 6.07.